The number of nitrogens with one attached hydrogen (secondary N) is 1. The Bertz CT molecular complexity index is 1280. The summed E-state index contributed by atoms with van der Waals surface area (Å²) in [4.78, 5) is 17.3. The molecule has 0 saturated carbocycles. The number of carbonyl (C=O) groups excluding carboxylic acids is 1. The average Bonchev–Trinajstić information content (AvgIpc) is 3.39. The van der Waals surface area contributed by atoms with Gasteiger partial charge in [-0.3, -0.25) is 4.79 Å². The maximum absolute atomic E-state index is 14.1. The Balaban J connectivity index is 1.66. The van der Waals surface area contributed by atoms with Gasteiger partial charge in [0, 0.05) is 17.0 Å². The van der Waals surface area contributed by atoms with E-state index in [0.29, 0.717) is 33.8 Å². The van der Waals surface area contributed by atoms with Crippen molar-refractivity contribution in [1.82, 2.24) is 14.8 Å². The quantitative estimate of drug-likeness (QED) is 0.408. The van der Waals surface area contributed by atoms with Crippen molar-refractivity contribution in [3.8, 4) is 27.9 Å². The molecule has 1 amide bonds. The monoisotopic (exact) mass is 472 g/mol. The smallest absolute Gasteiger partial charge is 0.261 e. The Labute approximate surface area is 192 Å². The number of benzene rings is 2. The molecular weight excluding hydrogens is 455 g/mol. The first-order valence-corrected chi connectivity index (χ1v) is 10.7. The van der Waals surface area contributed by atoms with Gasteiger partial charge >= 0.3 is 0 Å². The van der Waals surface area contributed by atoms with Gasteiger partial charge in [0.15, 0.2) is 11.5 Å². The first kappa shape index (κ1) is 21.8. The van der Waals surface area contributed by atoms with Crippen LogP contribution in [0.1, 0.15) is 16.1 Å². The zero-order valence-corrected chi connectivity index (χ0v) is 18.9. The van der Waals surface area contributed by atoms with Gasteiger partial charge in [-0.15, -0.1) is 11.3 Å². The molecule has 4 aromatic rings. The van der Waals surface area contributed by atoms with Crippen LogP contribution >= 0.6 is 22.9 Å². The van der Waals surface area contributed by atoms with Crippen LogP contribution in [-0.2, 0) is 0 Å². The minimum absolute atomic E-state index is 0.0234. The Morgan fingerprint density at radius 1 is 1.16 bits per heavy atom. The summed E-state index contributed by atoms with van der Waals surface area (Å²) >= 11 is 7.36. The second-order valence-electron chi connectivity index (χ2n) is 6.72. The van der Waals surface area contributed by atoms with Crippen molar-refractivity contribution in [3.05, 3.63) is 69.9 Å². The minimum Gasteiger partial charge on any atom is -0.493 e. The molecule has 10 heteroatoms. The van der Waals surface area contributed by atoms with E-state index in [1.54, 1.807) is 33.3 Å². The summed E-state index contributed by atoms with van der Waals surface area (Å²) in [6, 6.07) is 11.2. The van der Waals surface area contributed by atoms with E-state index in [9.17, 15) is 9.18 Å². The standard InChI is InChI=1S/C22H18ClFN4O3S/c1-12-9-19(26-21(29)20-14(23)5-4-6-15(20)24)28(27-12)22-25-16(11-32-22)13-7-8-17(30-2)18(10-13)31-3/h4-11H,1-3H3,(H,26,29). The SMILES string of the molecule is COc1ccc(-c2csc(-n3nc(C)cc3NC(=O)c3c(F)cccc3Cl)n2)cc1OC. The molecule has 2 aromatic heterocycles. The molecule has 0 aliphatic heterocycles. The number of anilines is 1. The van der Waals surface area contributed by atoms with Gasteiger partial charge in [-0.05, 0) is 37.3 Å². The Kier molecular flexibility index (Phi) is 6.11. The number of methoxy groups -OCH3 is 2. The summed E-state index contributed by atoms with van der Waals surface area (Å²) in [6.45, 7) is 1.78. The van der Waals surface area contributed by atoms with Crippen molar-refractivity contribution >= 4 is 34.7 Å². The maximum Gasteiger partial charge on any atom is 0.261 e. The number of thiazole rings is 1. The highest BCUT2D eigenvalue weighted by Crippen LogP contribution is 2.33. The maximum atomic E-state index is 14.1. The van der Waals surface area contributed by atoms with Gasteiger partial charge in [0.1, 0.15) is 11.6 Å². The Morgan fingerprint density at radius 2 is 1.94 bits per heavy atom. The summed E-state index contributed by atoms with van der Waals surface area (Å²) in [5.41, 5.74) is 1.96. The highest BCUT2D eigenvalue weighted by atomic mass is 35.5. The van der Waals surface area contributed by atoms with E-state index in [-0.39, 0.29) is 10.6 Å². The fraction of sp³-hybridized carbons (Fsp3) is 0.136. The molecule has 0 saturated heterocycles. The third-order valence-electron chi connectivity index (χ3n) is 4.62. The zero-order valence-electron chi connectivity index (χ0n) is 17.3. The van der Waals surface area contributed by atoms with E-state index in [1.165, 1.54) is 34.2 Å². The van der Waals surface area contributed by atoms with Gasteiger partial charge in [0.05, 0.1) is 36.2 Å². The number of carbonyl (C=O) groups is 1. The number of ether oxygens (including phenoxy) is 2. The van der Waals surface area contributed by atoms with Gasteiger partial charge < -0.3 is 14.8 Å². The predicted molar refractivity (Wildman–Crippen MR) is 122 cm³/mol. The first-order chi connectivity index (χ1) is 15.4. The number of hydrogen-bond donors (Lipinski definition) is 1. The van der Waals surface area contributed by atoms with Gasteiger partial charge in [-0.2, -0.15) is 9.78 Å². The summed E-state index contributed by atoms with van der Waals surface area (Å²) in [5, 5.41) is 9.51. The largest absolute Gasteiger partial charge is 0.493 e. The number of nitrogens with zero attached hydrogens (tertiary/aromatic N) is 3. The van der Waals surface area contributed by atoms with Crippen LogP contribution in [0.25, 0.3) is 16.4 Å². The van der Waals surface area contributed by atoms with Crippen molar-refractivity contribution in [2.75, 3.05) is 19.5 Å². The summed E-state index contributed by atoms with van der Waals surface area (Å²) in [5.74, 6) is 0.170. The van der Waals surface area contributed by atoms with E-state index >= 15 is 0 Å². The van der Waals surface area contributed by atoms with Gasteiger partial charge in [0.25, 0.3) is 5.91 Å². The number of hydrogen-bond acceptors (Lipinski definition) is 6. The van der Waals surface area contributed by atoms with E-state index in [2.05, 4.69) is 15.4 Å². The summed E-state index contributed by atoms with van der Waals surface area (Å²) < 4.78 is 26.3. The number of aryl methyl sites for hydroxylation is 1. The molecule has 0 fully saturated rings. The van der Waals surface area contributed by atoms with Crippen LogP contribution < -0.4 is 14.8 Å². The molecule has 32 heavy (non-hydrogen) atoms. The fourth-order valence-electron chi connectivity index (χ4n) is 3.12. The van der Waals surface area contributed by atoms with Crippen LogP contribution in [0.4, 0.5) is 10.2 Å². The van der Waals surface area contributed by atoms with Crippen molar-refractivity contribution < 1.29 is 18.7 Å². The molecule has 0 spiro atoms. The molecule has 4 rings (SSSR count). The van der Waals surface area contributed by atoms with Crippen LogP contribution in [-0.4, -0.2) is 34.9 Å². The average molecular weight is 473 g/mol. The zero-order chi connectivity index (χ0) is 22.8. The van der Waals surface area contributed by atoms with Crippen LogP contribution in [0, 0.1) is 12.7 Å². The highest BCUT2D eigenvalue weighted by molar-refractivity contribution is 7.12. The summed E-state index contributed by atoms with van der Waals surface area (Å²) in [6.07, 6.45) is 0. The Morgan fingerprint density at radius 3 is 2.66 bits per heavy atom. The molecule has 1 N–H and O–H groups in total. The Hall–Kier alpha value is -3.43. The number of rotatable bonds is 6. The molecule has 0 atom stereocenters. The molecule has 2 aromatic carbocycles. The highest BCUT2D eigenvalue weighted by Gasteiger charge is 2.20. The van der Waals surface area contributed by atoms with Crippen molar-refractivity contribution in [2.24, 2.45) is 0 Å². The van der Waals surface area contributed by atoms with Crippen LogP contribution in [0.2, 0.25) is 5.02 Å². The van der Waals surface area contributed by atoms with E-state index < -0.39 is 11.7 Å². The van der Waals surface area contributed by atoms with Gasteiger partial charge in [-0.1, -0.05) is 17.7 Å². The van der Waals surface area contributed by atoms with Crippen molar-refractivity contribution in [1.29, 1.82) is 0 Å². The van der Waals surface area contributed by atoms with E-state index in [0.717, 1.165) is 5.56 Å². The number of aromatic nitrogens is 3. The molecule has 0 unspecified atom stereocenters. The first-order valence-electron chi connectivity index (χ1n) is 9.41. The molecule has 0 radical (unpaired) electrons. The normalized spacial score (nSPS) is 10.8. The molecule has 164 valence electrons. The van der Waals surface area contributed by atoms with Crippen LogP contribution in [0.15, 0.2) is 47.8 Å². The van der Waals surface area contributed by atoms with Crippen molar-refractivity contribution in [3.63, 3.8) is 0 Å². The molecule has 0 bridgehead atoms. The lowest BCUT2D eigenvalue weighted by Crippen LogP contribution is -2.17. The third kappa shape index (κ3) is 4.17. The lowest BCUT2D eigenvalue weighted by Gasteiger charge is -2.09. The third-order valence-corrected chi connectivity index (χ3v) is 5.75. The van der Waals surface area contributed by atoms with E-state index in [4.69, 9.17) is 21.1 Å². The molecule has 7 nitrogen and oxygen atoms in total. The topological polar surface area (TPSA) is 78.3 Å². The molecule has 0 aliphatic rings. The summed E-state index contributed by atoms with van der Waals surface area (Å²) in [7, 11) is 3.14. The molecular formula is C22H18ClFN4O3S. The van der Waals surface area contributed by atoms with Crippen LogP contribution in [0.5, 0.6) is 11.5 Å². The van der Waals surface area contributed by atoms with Crippen LogP contribution in [0.3, 0.4) is 0 Å². The lowest BCUT2D eigenvalue weighted by molar-refractivity contribution is 0.102. The second kappa shape index (κ2) is 8.97. The van der Waals surface area contributed by atoms with Gasteiger partial charge in [-0.25, -0.2) is 9.37 Å². The second-order valence-corrected chi connectivity index (χ2v) is 7.96. The lowest BCUT2D eigenvalue weighted by atomic mass is 10.1. The fourth-order valence-corrected chi connectivity index (χ4v) is 4.16. The van der Waals surface area contributed by atoms with Crippen molar-refractivity contribution in [2.45, 2.75) is 6.92 Å². The molecule has 2 heterocycles. The van der Waals surface area contributed by atoms with Gasteiger partial charge in [0.2, 0.25) is 5.13 Å². The number of halogens is 2. The minimum atomic E-state index is -0.706. The molecule has 0 aliphatic carbocycles. The van der Waals surface area contributed by atoms with E-state index in [1.807, 2.05) is 17.5 Å². The predicted octanol–water partition coefficient (Wildman–Crippen LogP) is 5.37. The number of amides is 1.